The van der Waals surface area contributed by atoms with Gasteiger partial charge in [0.2, 0.25) is 11.7 Å². The number of nitrogens with one attached hydrogen (secondary N) is 1. The second-order valence-electron chi connectivity index (χ2n) is 8.20. The summed E-state index contributed by atoms with van der Waals surface area (Å²) in [6, 6.07) is 8.45. The molecular formula is C22H20F2N4O4. The average molecular weight is 442 g/mol. The molecule has 1 aliphatic rings. The number of oxazole rings is 1. The predicted molar refractivity (Wildman–Crippen MR) is 108 cm³/mol. The topological polar surface area (TPSA) is 108 Å². The number of amides is 1. The quantitative estimate of drug-likeness (QED) is 0.493. The molecule has 4 heterocycles. The van der Waals surface area contributed by atoms with E-state index in [1.54, 1.807) is 12.1 Å². The van der Waals surface area contributed by atoms with Gasteiger partial charge in [-0.25, -0.2) is 18.7 Å². The molecule has 0 saturated carbocycles. The number of aliphatic hydroxyl groups is 1. The molecule has 166 valence electrons. The van der Waals surface area contributed by atoms with Gasteiger partial charge in [-0.1, -0.05) is 18.2 Å². The van der Waals surface area contributed by atoms with Crippen LogP contribution in [0.4, 0.5) is 8.78 Å². The van der Waals surface area contributed by atoms with E-state index >= 15 is 0 Å². The number of benzene rings is 1. The summed E-state index contributed by atoms with van der Waals surface area (Å²) in [6.07, 6.45) is -1.07. The van der Waals surface area contributed by atoms with Crippen LogP contribution in [0.15, 0.2) is 45.5 Å². The fourth-order valence-corrected chi connectivity index (χ4v) is 3.95. The van der Waals surface area contributed by atoms with E-state index < -0.39 is 35.4 Å². The molecule has 5 rings (SSSR count). The number of rotatable bonds is 4. The molecule has 4 aromatic rings. The molecule has 0 saturated heterocycles. The molecule has 1 aliphatic heterocycles. The lowest BCUT2D eigenvalue weighted by molar-refractivity contribution is 0.0437. The zero-order valence-corrected chi connectivity index (χ0v) is 17.3. The highest BCUT2D eigenvalue weighted by atomic mass is 19.3. The average Bonchev–Trinajstić information content (AvgIpc) is 3.49. The second kappa shape index (κ2) is 7.27. The molecule has 0 unspecified atom stereocenters. The Kier molecular flexibility index (Phi) is 4.63. The highest BCUT2D eigenvalue weighted by molar-refractivity contribution is 5.93. The third-order valence-electron chi connectivity index (χ3n) is 5.48. The van der Waals surface area contributed by atoms with E-state index in [9.17, 15) is 18.7 Å². The lowest BCUT2D eigenvalue weighted by Crippen LogP contribution is -2.40. The SMILES string of the molecule is CC(C)(O)c1nc(C(F)F)c(C(=O)N2CCc3[nH]cnc3[C@H]2c2cc3ccccc3o2)o1. The number of fused-ring (bicyclic) bond motifs is 2. The largest absolute Gasteiger partial charge is 0.458 e. The maximum Gasteiger partial charge on any atom is 0.292 e. The van der Waals surface area contributed by atoms with E-state index in [2.05, 4.69) is 15.0 Å². The van der Waals surface area contributed by atoms with Crippen molar-refractivity contribution in [3.8, 4) is 0 Å². The number of nitrogens with zero attached hydrogens (tertiary/aromatic N) is 3. The number of hydrogen-bond donors (Lipinski definition) is 2. The van der Waals surface area contributed by atoms with Gasteiger partial charge >= 0.3 is 0 Å². The number of furan rings is 1. The molecule has 2 N–H and O–H groups in total. The van der Waals surface area contributed by atoms with Gasteiger partial charge in [-0.3, -0.25) is 4.79 Å². The van der Waals surface area contributed by atoms with Crippen molar-refractivity contribution in [3.05, 3.63) is 71.2 Å². The first-order valence-corrected chi connectivity index (χ1v) is 10.1. The number of para-hydroxylation sites is 1. The van der Waals surface area contributed by atoms with Gasteiger partial charge < -0.3 is 23.8 Å². The Morgan fingerprint density at radius 1 is 1.31 bits per heavy atom. The first-order valence-electron chi connectivity index (χ1n) is 10.1. The van der Waals surface area contributed by atoms with Crippen molar-refractivity contribution >= 4 is 16.9 Å². The zero-order valence-electron chi connectivity index (χ0n) is 17.3. The zero-order chi connectivity index (χ0) is 22.6. The Hall–Kier alpha value is -3.53. The van der Waals surface area contributed by atoms with Crippen LogP contribution in [-0.4, -0.2) is 37.4 Å². The monoisotopic (exact) mass is 442 g/mol. The minimum atomic E-state index is -3.05. The molecular weight excluding hydrogens is 422 g/mol. The van der Waals surface area contributed by atoms with Crippen LogP contribution in [0, 0.1) is 0 Å². The lowest BCUT2D eigenvalue weighted by Gasteiger charge is -2.33. The van der Waals surface area contributed by atoms with Crippen LogP contribution in [0.5, 0.6) is 0 Å². The fourth-order valence-electron chi connectivity index (χ4n) is 3.95. The van der Waals surface area contributed by atoms with Crippen LogP contribution < -0.4 is 0 Å². The Bertz CT molecular complexity index is 1270. The van der Waals surface area contributed by atoms with Gasteiger partial charge in [-0.05, 0) is 26.0 Å². The predicted octanol–water partition coefficient (Wildman–Crippen LogP) is 4.10. The molecule has 0 spiro atoms. The highest BCUT2D eigenvalue weighted by Crippen LogP contribution is 2.38. The fraction of sp³-hybridized carbons (Fsp3) is 0.318. The van der Waals surface area contributed by atoms with Crippen molar-refractivity contribution in [2.45, 2.75) is 38.3 Å². The molecule has 8 nitrogen and oxygen atoms in total. The van der Waals surface area contributed by atoms with Crippen molar-refractivity contribution in [2.24, 2.45) is 0 Å². The first-order chi connectivity index (χ1) is 15.2. The van der Waals surface area contributed by atoms with Crippen molar-refractivity contribution in [1.29, 1.82) is 0 Å². The molecule has 0 radical (unpaired) electrons. The molecule has 1 atom stereocenters. The van der Waals surface area contributed by atoms with Gasteiger partial charge in [0, 0.05) is 24.0 Å². The minimum Gasteiger partial charge on any atom is -0.458 e. The number of hydrogen-bond acceptors (Lipinski definition) is 6. The summed E-state index contributed by atoms with van der Waals surface area (Å²) in [5.74, 6) is -1.28. The second-order valence-corrected chi connectivity index (χ2v) is 8.20. The van der Waals surface area contributed by atoms with Gasteiger partial charge in [-0.15, -0.1) is 0 Å². The Labute approximate surface area is 180 Å². The molecule has 0 fully saturated rings. The number of alkyl halides is 2. The number of imidazole rings is 1. The summed E-state index contributed by atoms with van der Waals surface area (Å²) < 4.78 is 38.8. The number of aromatic amines is 1. The van der Waals surface area contributed by atoms with Crippen LogP contribution in [-0.2, 0) is 12.0 Å². The van der Waals surface area contributed by atoms with Crippen LogP contribution in [0.2, 0.25) is 0 Å². The molecule has 0 bridgehead atoms. The molecule has 32 heavy (non-hydrogen) atoms. The molecule has 10 heteroatoms. The summed E-state index contributed by atoms with van der Waals surface area (Å²) in [6.45, 7) is 2.91. The van der Waals surface area contributed by atoms with E-state index in [1.807, 2.05) is 18.2 Å². The third-order valence-corrected chi connectivity index (χ3v) is 5.48. The summed E-state index contributed by atoms with van der Waals surface area (Å²) >= 11 is 0. The molecule has 1 aromatic carbocycles. The van der Waals surface area contributed by atoms with Gasteiger partial charge in [0.15, 0.2) is 5.69 Å². The summed E-state index contributed by atoms with van der Waals surface area (Å²) in [5.41, 5.74) is -0.386. The number of carbonyl (C=O) groups is 1. The van der Waals surface area contributed by atoms with Crippen LogP contribution in [0.3, 0.4) is 0 Å². The first kappa shape index (κ1) is 20.4. The standard InChI is InChI=1S/C22H20F2N4O4/c1-22(2,30)21-27-16(19(23)24)18(32-21)20(29)28-8-7-12-15(26-10-25-12)17(28)14-9-11-5-3-4-6-13(11)31-14/h3-6,9-10,17,19,30H,7-8H2,1-2H3,(H,25,26)/t17-/m1/s1. The summed E-state index contributed by atoms with van der Waals surface area (Å²) in [7, 11) is 0. The van der Waals surface area contributed by atoms with Crippen LogP contribution in [0.25, 0.3) is 11.0 Å². The lowest BCUT2D eigenvalue weighted by atomic mass is 9.99. The van der Waals surface area contributed by atoms with E-state index in [4.69, 9.17) is 8.83 Å². The number of H-pyrrole nitrogens is 1. The van der Waals surface area contributed by atoms with E-state index in [0.717, 1.165) is 11.1 Å². The Morgan fingerprint density at radius 3 is 2.81 bits per heavy atom. The van der Waals surface area contributed by atoms with Crippen LogP contribution in [0.1, 0.15) is 65.6 Å². The van der Waals surface area contributed by atoms with Gasteiger partial charge in [0.25, 0.3) is 12.3 Å². The number of aromatic nitrogens is 3. The molecule has 0 aliphatic carbocycles. The summed E-state index contributed by atoms with van der Waals surface area (Å²) in [5, 5.41) is 11.0. The minimum absolute atomic E-state index is 0.219. The summed E-state index contributed by atoms with van der Waals surface area (Å²) in [4.78, 5) is 26.0. The Balaban J connectivity index is 1.62. The third kappa shape index (κ3) is 3.27. The van der Waals surface area contributed by atoms with E-state index in [-0.39, 0.29) is 12.4 Å². The van der Waals surface area contributed by atoms with E-state index in [1.165, 1.54) is 25.1 Å². The maximum atomic E-state index is 13.7. The van der Waals surface area contributed by atoms with Crippen molar-refractivity contribution in [3.63, 3.8) is 0 Å². The highest BCUT2D eigenvalue weighted by Gasteiger charge is 2.41. The van der Waals surface area contributed by atoms with Crippen molar-refractivity contribution < 1.29 is 27.5 Å². The number of halogens is 2. The van der Waals surface area contributed by atoms with Crippen LogP contribution >= 0.6 is 0 Å². The van der Waals surface area contributed by atoms with Crippen molar-refractivity contribution in [2.75, 3.05) is 6.54 Å². The molecule has 3 aromatic heterocycles. The number of carbonyl (C=O) groups excluding carboxylic acids is 1. The van der Waals surface area contributed by atoms with Gasteiger partial charge in [0.05, 0.1) is 12.0 Å². The smallest absolute Gasteiger partial charge is 0.292 e. The normalized spacial score (nSPS) is 16.7. The van der Waals surface area contributed by atoms with Crippen molar-refractivity contribution in [1.82, 2.24) is 19.9 Å². The van der Waals surface area contributed by atoms with Gasteiger partial charge in [-0.2, -0.15) is 0 Å². The molecule has 1 amide bonds. The Morgan fingerprint density at radius 2 is 2.09 bits per heavy atom. The maximum absolute atomic E-state index is 13.7. The van der Waals surface area contributed by atoms with E-state index in [0.29, 0.717) is 23.5 Å². The van der Waals surface area contributed by atoms with Gasteiger partial charge in [0.1, 0.15) is 23.0 Å².